The summed E-state index contributed by atoms with van der Waals surface area (Å²) in [6, 6.07) is 66.6. The quantitative estimate of drug-likeness (QED) is 0.168. The molecule has 0 unspecified atom stereocenters. The SMILES string of the molecule is c1ccc2c(-c3c4ccccc4c(-c4ccc5cc(-c6c7ccccc7c(-c7cccc8ccccc78)c7ccncc67)ccc5c4)c4cnccc34)cccc2c1. The molecule has 12 aromatic rings. The van der Waals surface area contributed by atoms with Crippen LogP contribution in [0.3, 0.4) is 0 Å². The van der Waals surface area contributed by atoms with E-state index in [9.17, 15) is 0 Å². The number of fused-ring (bicyclic) bond motifs is 7. The van der Waals surface area contributed by atoms with Crippen LogP contribution in [0.4, 0.5) is 0 Å². The number of pyridine rings is 2. The zero-order valence-corrected chi connectivity index (χ0v) is 31.5. The zero-order chi connectivity index (χ0) is 38.2. The fraction of sp³-hybridized carbons (Fsp3) is 0. The molecule has 0 aliphatic rings. The van der Waals surface area contributed by atoms with Crippen molar-refractivity contribution in [3.05, 3.63) is 207 Å². The van der Waals surface area contributed by atoms with Gasteiger partial charge in [-0.2, -0.15) is 0 Å². The number of nitrogens with zero attached hydrogens (tertiary/aromatic N) is 2. The second-order valence-corrected chi connectivity index (χ2v) is 15.3. The number of benzene rings is 10. The van der Waals surface area contributed by atoms with Crippen LogP contribution in [0.2, 0.25) is 0 Å². The van der Waals surface area contributed by atoms with Crippen molar-refractivity contribution in [2.24, 2.45) is 0 Å². The number of rotatable bonds is 4. The van der Waals surface area contributed by atoms with Crippen LogP contribution < -0.4 is 0 Å². The summed E-state index contributed by atoms with van der Waals surface area (Å²) in [5.41, 5.74) is 9.75. The topological polar surface area (TPSA) is 25.8 Å². The normalized spacial score (nSPS) is 11.8. The summed E-state index contributed by atoms with van der Waals surface area (Å²) in [4.78, 5) is 9.39. The highest BCUT2D eigenvalue weighted by molar-refractivity contribution is 6.25. The van der Waals surface area contributed by atoms with Crippen LogP contribution in [0.1, 0.15) is 0 Å². The molecule has 0 aliphatic heterocycles. The Morgan fingerprint density at radius 3 is 1.05 bits per heavy atom. The van der Waals surface area contributed by atoms with E-state index in [4.69, 9.17) is 9.97 Å². The van der Waals surface area contributed by atoms with E-state index in [0.717, 1.165) is 10.8 Å². The molecule has 0 bridgehead atoms. The van der Waals surface area contributed by atoms with Crippen molar-refractivity contribution in [3.63, 3.8) is 0 Å². The second kappa shape index (κ2) is 12.9. The van der Waals surface area contributed by atoms with Crippen LogP contribution in [0.15, 0.2) is 207 Å². The van der Waals surface area contributed by atoms with Gasteiger partial charge in [-0.15, -0.1) is 0 Å². The number of aromatic nitrogens is 2. The predicted octanol–water partition coefficient (Wildman–Crippen LogP) is 15.2. The van der Waals surface area contributed by atoms with Gasteiger partial charge in [-0.05, 0) is 133 Å². The van der Waals surface area contributed by atoms with Gasteiger partial charge in [-0.3, -0.25) is 9.97 Å². The molecule has 12 rings (SSSR count). The Bertz CT molecular complexity index is 3270. The molecule has 0 aliphatic carbocycles. The lowest BCUT2D eigenvalue weighted by Crippen LogP contribution is -1.93. The maximum Gasteiger partial charge on any atom is 0.0353 e. The third kappa shape index (κ3) is 4.92. The van der Waals surface area contributed by atoms with E-state index in [1.54, 1.807) is 0 Å². The second-order valence-electron chi connectivity index (χ2n) is 15.3. The van der Waals surface area contributed by atoms with E-state index in [1.807, 2.05) is 24.8 Å². The summed E-state index contributed by atoms with van der Waals surface area (Å²) in [5, 5.41) is 17.0. The lowest BCUT2D eigenvalue weighted by atomic mass is 9.84. The molecule has 268 valence electrons. The smallest absolute Gasteiger partial charge is 0.0353 e. The summed E-state index contributed by atoms with van der Waals surface area (Å²) < 4.78 is 0. The van der Waals surface area contributed by atoms with Crippen molar-refractivity contribution in [1.29, 1.82) is 0 Å². The maximum absolute atomic E-state index is 4.70. The number of hydrogen-bond donors (Lipinski definition) is 0. The molecule has 0 saturated carbocycles. The zero-order valence-electron chi connectivity index (χ0n) is 31.5. The first-order valence-corrected chi connectivity index (χ1v) is 19.9. The Balaban J connectivity index is 1.06. The molecule has 10 aromatic carbocycles. The van der Waals surface area contributed by atoms with Crippen molar-refractivity contribution in [1.82, 2.24) is 9.97 Å². The monoisotopic (exact) mass is 734 g/mol. The summed E-state index contributed by atoms with van der Waals surface area (Å²) in [6.45, 7) is 0. The van der Waals surface area contributed by atoms with Crippen molar-refractivity contribution in [2.45, 2.75) is 0 Å². The van der Waals surface area contributed by atoms with Crippen molar-refractivity contribution >= 4 is 75.4 Å². The van der Waals surface area contributed by atoms with Gasteiger partial charge < -0.3 is 0 Å². The van der Waals surface area contributed by atoms with E-state index in [-0.39, 0.29) is 0 Å². The van der Waals surface area contributed by atoms with Gasteiger partial charge in [0, 0.05) is 35.6 Å². The molecule has 2 heteroatoms. The summed E-state index contributed by atoms with van der Waals surface area (Å²) >= 11 is 0. The molecule has 2 aromatic heterocycles. The molecular weight excluding hydrogens is 701 g/mol. The summed E-state index contributed by atoms with van der Waals surface area (Å²) in [6.07, 6.45) is 7.94. The first-order valence-electron chi connectivity index (χ1n) is 19.9. The molecule has 0 saturated heterocycles. The molecule has 0 N–H and O–H groups in total. The highest BCUT2D eigenvalue weighted by Gasteiger charge is 2.20. The standard InChI is InChI=1S/C56H34N2/c1-3-15-41-35(11-1)13-9-21-43(41)55-47-19-7-5-17-45(47)53(51-33-57-29-27-49(51)55)39-25-23-38-32-40(26-24-37(38)31-39)54-46-18-6-8-20-48(46)56(50-28-30-58-34-52(50)54)44-22-10-14-36-12-2-4-16-42(36)44/h1-34H. The predicted molar refractivity (Wildman–Crippen MR) is 246 cm³/mol. The third-order valence-corrected chi connectivity index (χ3v) is 12.2. The van der Waals surface area contributed by atoms with Crippen molar-refractivity contribution in [2.75, 3.05) is 0 Å². The van der Waals surface area contributed by atoms with E-state index in [1.165, 1.54) is 109 Å². The summed E-state index contributed by atoms with van der Waals surface area (Å²) in [7, 11) is 0. The van der Waals surface area contributed by atoms with Gasteiger partial charge in [0.05, 0.1) is 0 Å². The molecule has 0 radical (unpaired) electrons. The van der Waals surface area contributed by atoms with Gasteiger partial charge in [0.15, 0.2) is 0 Å². The average Bonchev–Trinajstić information content (AvgIpc) is 3.29. The summed E-state index contributed by atoms with van der Waals surface area (Å²) in [5.74, 6) is 0. The molecule has 2 nitrogen and oxygen atoms in total. The van der Waals surface area contributed by atoms with Crippen LogP contribution in [0.5, 0.6) is 0 Å². The van der Waals surface area contributed by atoms with Crippen molar-refractivity contribution in [3.8, 4) is 44.5 Å². The van der Waals surface area contributed by atoms with E-state index in [2.05, 4.69) is 182 Å². The van der Waals surface area contributed by atoms with Crippen molar-refractivity contribution < 1.29 is 0 Å². The van der Waals surface area contributed by atoms with E-state index < -0.39 is 0 Å². The van der Waals surface area contributed by atoms with Gasteiger partial charge in [0.1, 0.15) is 0 Å². The molecule has 58 heavy (non-hydrogen) atoms. The number of hydrogen-bond acceptors (Lipinski definition) is 2. The fourth-order valence-corrected chi connectivity index (χ4v) is 9.69. The Morgan fingerprint density at radius 1 is 0.241 bits per heavy atom. The van der Waals surface area contributed by atoms with Gasteiger partial charge >= 0.3 is 0 Å². The lowest BCUT2D eigenvalue weighted by Gasteiger charge is -2.19. The molecular formula is C56H34N2. The molecule has 2 heterocycles. The van der Waals surface area contributed by atoms with Crippen LogP contribution in [0, 0.1) is 0 Å². The van der Waals surface area contributed by atoms with E-state index >= 15 is 0 Å². The Labute approximate surface area is 335 Å². The van der Waals surface area contributed by atoms with E-state index in [0.29, 0.717) is 0 Å². The third-order valence-electron chi connectivity index (χ3n) is 12.2. The Morgan fingerprint density at radius 2 is 0.603 bits per heavy atom. The maximum atomic E-state index is 4.70. The highest BCUT2D eigenvalue weighted by atomic mass is 14.6. The minimum Gasteiger partial charge on any atom is -0.264 e. The molecule has 0 spiro atoms. The van der Waals surface area contributed by atoms with Crippen LogP contribution in [-0.2, 0) is 0 Å². The Hall–Kier alpha value is -7.68. The molecule has 0 fully saturated rings. The minimum atomic E-state index is 1.15. The highest BCUT2D eigenvalue weighted by Crippen LogP contribution is 2.47. The van der Waals surface area contributed by atoms with Crippen LogP contribution in [-0.4, -0.2) is 9.97 Å². The van der Waals surface area contributed by atoms with Crippen LogP contribution >= 0.6 is 0 Å². The largest absolute Gasteiger partial charge is 0.264 e. The Kier molecular flexibility index (Phi) is 7.26. The first kappa shape index (κ1) is 32.6. The van der Waals surface area contributed by atoms with Gasteiger partial charge in [-0.1, -0.05) is 158 Å². The first-order chi connectivity index (χ1) is 28.8. The van der Waals surface area contributed by atoms with Gasteiger partial charge in [0.25, 0.3) is 0 Å². The van der Waals surface area contributed by atoms with Crippen LogP contribution in [0.25, 0.3) is 120 Å². The fourth-order valence-electron chi connectivity index (χ4n) is 9.69. The molecule has 0 atom stereocenters. The average molecular weight is 735 g/mol. The molecule has 0 amide bonds. The van der Waals surface area contributed by atoms with Gasteiger partial charge in [0.2, 0.25) is 0 Å². The minimum absolute atomic E-state index is 1.15. The van der Waals surface area contributed by atoms with Gasteiger partial charge in [-0.25, -0.2) is 0 Å². The lowest BCUT2D eigenvalue weighted by molar-refractivity contribution is 1.37.